The average Bonchev–Trinajstić information content (AvgIpc) is 2.52. The van der Waals surface area contributed by atoms with E-state index in [1.165, 1.54) is 7.11 Å². The highest BCUT2D eigenvalue weighted by Gasteiger charge is 2.66. The molecule has 4 heteroatoms. The molecule has 0 aromatic carbocycles. The maximum absolute atomic E-state index is 11.0. The number of carbonyl (C=O) groups is 2. The molecule has 0 unspecified atom stereocenters. The molecule has 0 bridgehead atoms. The topological polar surface area (TPSA) is 63.6 Å². The number of carboxylic acids is 1. The number of ether oxygens (including phenoxy) is 1. The summed E-state index contributed by atoms with van der Waals surface area (Å²) in [5.74, 6) is -2.40. The zero-order valence-electron chi connectivity index (χ0n) is 7.33. The number of carboxylic acid groups (broad SMARTS) is 1. The molecule has 68 valence electrons. The quantitative estimate of drug-likeness (QED) is 0.616. The summed E-state index contributed by atoms with van der Waals surface area (Å²) >= 11 is 0. The molecule has 1 saturated carbocycles. The standard InChI is InChI=1S/C8H12O4/c1-8(2)4(6(9)10)5(8)7(11)12-3/h4-5H,1-3H3,(H,9,10)/t4-,5+/m1/s1. The molecule has 0 radical (unpaired) electrons. The minimum atomic E-state index is -0.921. The average molecular weight is 172 g/mol. The molecule has 1 fully saturated rings. The van der Waals surface area contributed by atoms with Crippen LogP contribution < -0.4 is 0 Å². The Bertz CT molecular complexity index is 231. The van der Waals surface area contributed by atoms with Gasteiger partial charge in [0.15, 0.2) is 0 Å². The first kappa shape index (κ1) is 9.03. The van der Waals surface area contributed by atoms with Crippen molar-refractivity contribution in [2.75, 3.05) is 7.11 Å². The second kappa shape index (κ2) is 2.47. The number of carbonyl (C=O) groups excluding carboxylic acids is 1. The van der Waals surface area contributed by atoms with Crippen LogP contribution in [0.3, 0.4) is 0 Å². The van der Waals surface area contributed by atoms with Gasteiger partial charge in [0.05, 0.1) is 18.9 Å². The molecule has 0 aliphatic heterocycles. The van der Waals surface area contributed by atoms with Gasteiger partial charge in [0.1, 0.15) is 0 Å². The van der Waals surface area contributed by atoms with Gasteiger partial charge in [0.2, 0.25) is 0 Å². The molecule has 12 heavy (non-hydrogen) atoms. The fourth-order valence-corrected chi connectivity index (χ4v) is 1.67. The number of rotatable bonds is 2. The van der Waals surface area contributed by atoms with Crippen molar-refractivity contribution in [3.8, 4) is 0 Å². The highest BCUT2D eigenvalue weighted by Crippen LogP contribution is 2.58. The fourth-order valence-electron chi connectivity index (χ4n) is 1.67. The zero-order valence-corrected chi connectivity index (χ0v) is 7.33. The van der Waals surface area contributed by atoms with Gasteiger partial charge >= 0.3 is 11.9 Å². The van der Waals surface area contributed by atoms with E-state index >= 15 is 0 Å². The molecule has 4 nitrogen and oxygen atoms in total. The van der Waals surface area contributed by atoms with E-state index in [2.05, 4.69) is 4.74 Å². The molecule has 1 rings (SSSR count). The predicted molar refractivity (Wildman–Crippen MR) is 40.4 cm³/mol. The molecule has 0 heterocycles. The van der Waals surface area contributed by atoms with Gasteiger partial charge in [-0.05, 0) is 5.41 Å². The zero-order chi connectivity index (χ0) is 9.52. The van der Waals surface area contributed by atoms with Gasteiger partial charge in [-0.15, -0.1) is 0 Å². The van der Waals surface area contributed by atoms with Crippen LogP contribution in [0.25, 0.3) is 0 Å². The van der Waals surface area contributed by atoms with Gasteiger partial charge in [-0.2, -0.15) is 0 Å². The summed E-state index contributed by atoms with van der Waals surface area (Å²) in [4.78, 5) is 21.6. The monoisotopic (exact) mass is 172 g/mol. The molecule has 0 spiro atoms. The van der Waals surface area contributed by atoms with E-state index < -0.39 is 29.2 Å². The van der Waals surface area contributed by atoms with Crippen LogP contribution in [0.1, 0.15) is 13.8 Å². The summed E-state index contributed by atoms with van der Waals surface area (Å²) in [5.41, 5.74) is -0.446. The smallest absolute Gasteiger partial charge is 0.310 e. The van der Waals surface area contributed by atoms with Gasteiger partial charge in [0, 0.05) is 0 Å². The van der Waals surface area contributed by atoms with E-state index in [0.717, 1.165) is 0 Å². The highest BCUT2D eigenvalue weighted by molar-refractivity contribution is 5.88. The molecular weight excluding hydrogens is 160 g/mol. The van der Waals surface area contributed by atoms with Crippen molar-refractivity contribution in [3.63, 3.8) is 0 Å². The van der Waals surface area contributed by atoms with Crippen molar-refractivity contribution in [2.24, 2.45) is 17.3 Å². The SMILES string of the molecule is COC(=O)[C@@H]1[C@H](C(=O)O)C1(C)C. The van der Waals surface area contributed by atoms with Crippen LogP contribution in [0, 0.1) is 17.3 Å². The maximum atomic E-state index is 11.0. The van der Waals surface area contributed by atoms with E-state index in [9.17, 15) is 9.59 Å². The molecule has 1 N–H and O–H groups in total. The number of hydrogen-bond acceptors (Lipinski definition) is 3. The second-order valence-electron chi connectivity index (χ2n) is 3.64. The van der Waals surface area contributed by atoms with Crippen LogP contribution in [0.5, 0.6) is 0 Å². The minimum absolute atomic E-state index is 0.424. The van der Waals surface area contributed by atoms with Crippen LogP contribution in [-0.2, 0) is 14.3 Å². The predicted octanol–water partition coefficient (Wildman–Crippen LogP) is 0.516. The molecule has 0 aromatic rings. The van der Waals surface area contributed by atoms with Crippen molar-refractivity contribution in [1.82, 2.24) is 0 Å². The molecule has 1 aliphatic rings. The van der Waals surface area contributed by atoms with Crippen LogP contribution in [0.2, 0.25) is 0 Å². The lowest BCUT2D eigenvalue weighted by molar-refractivity contribution is -0.146. The van der Waals surface area contributed by atoms with E-state index in [0.29, 0.717) is 0 Å². The Kier molecular flexibility index (Phi) is 1.86. The van der Waals surface area contributed by atoms with Crippen molar-refractivity contribution in [1.29, 1.82) is 0 Å². The van der Waals surface area contributed by atoms with Crippen LogP contribution >= 0.6 is 0 Å². The molecular formula is C8H12O4. The Hall–Kier alpha value is -1.06. The van der Waals surface area contributed by atoms with Crippen molar-refractivity contribution < 1.29 is 19.4 Å². The van der Waals surface area contributed by atoms with E-state index in [-0.39, 0.29) is 0 Å². The van der Waals surface area contributed by atoms with Crippen LogP contribution in [0.15, 0.2) is 0 Å². The van der Waals surface area contributed by atoms with Gasteiger partial charge in [-0.3, -0.25) is 9.59 Å². The van der Waals surface area contributed by atoms with Gasteiger partial charge in [-0.1, -0.05) is 13.8 Å². The normalized spacial score (nSPS) is 30.9. The lowest BCUT2D eigenvalue weighted by atomic mass is 10.1. The van der Waals surface area contributed by atoms with Gasteiger partial charge in [-0.25, -0.2) is 0 Å². The number of hydrogen-bond donors (Lipinski definition) is 1. The molecule has 0 amide bonds. The lowest BCUT2D eigenvalue weighted by Gasteiger charge is -1.98. The summed E-state index contributed by atoms with van der Waals surface area (Å²) < 4.78 is 4.49. The van der Waals surface area contributed by atoms with Crippen molar-refractivity contribution >= 4 is 11.9 Å². The van der Waals surface area contributed by atoms with E-state index in [4.69, 9.17) is 5.11 Å². The second-order valence-corrected chi connectivity index (χ2v) is 3.64. The summed E-state index contributed by atoms with van der Waals surface area (Å²) in [6.45, 7) is 3.51. The Morgan fingerprint density at radius 2 is 1.83 bits per heavy atom. The summed E-state index contributed by atoms with van der Waals surface area (Å²) in [7, 11) is 1.27. The Balaban J connectivity index is 2.73. The molecule has 0 aromatic heterocycles. The van der Waals surface area contributed by atoms with Gasteiger partial charge in [0.25, 0.3) is 0 Å². The first-order chi connectivity index (χ1) is 5.42. The summed E-state index contributed by atoms with van der Waals surface area (Å²) in [6, 6.07) is 0. The first-order valence-electron chi connectivity index (χ1n) is 3.73. The number of methoxy groups -OCH3 is 1. The Morgan fingerprint density at radius 1 is 1.33 bits per heavy atom. The summed E-state index contributed by atoms with van der Waals surface area (Å²) in [6.07, 6.45) is 0. The van der Waals surface area contributed by atoms with Crippen LogP contribution in [-0.4, -0.2) is 24.2 Å². The van der Waals surface area contributed by atoms with Crippen molar-refractivity contribution in [3.05, 3.63) is 0 Å². The van der Waals surface area contributed by atoms with Gasteiger partial charge < -0.3 is 9.84 Å². The van der Waals surface area contributed by atoms with Crippen LogP contribution in [0.4, 0.5) is 0 Å². The van der Waals surface area contributed by atoms with E-state index in [1.807, 2.05) is 0 Å². The lowest BCUT2D eigenvalue weighted by Crippen LogP contribution is -2.09. The molecule has 1 aliphatic carbocycles. The third-order valence-electron chi connectivity index (χ3n) is 2.55. The number of aliphatic carboxylic acids is 1. The molecule has 2 atom stereocenters. The largest absolute Gasteiger partial charge is 0.481 e. The maximum Gasteiger partial charge on any atom is 0.310 e. The van der Waals surface area contributed by atoms with E-state index in [1.54, 1.807) is 13.8 Å². The third-order valence-corrected chi connectivity index (χ3v) is 2.55. The highest BCUT2D eigenvalue weighted by atomic mass is 16.5. The third kappa shape index (κ3) is 1.07. The fraction of sp³-hybridized carbons (Fsp3) is 0.750. The Labute approximate surface area is 70.5 Å². The Morgan fingerprint density at radius 3 is 2.08 bits per heavy atom. The molecule has 0 saturated heterocycles. The minimum Gasteiger partial charge on any atom is -0.481 e. The first-order valence-corrected chi connectivity index (χ1v) is 3.73. The summed E-state index contributed by atoms with van der Waals surface area (Å²) in [5, 5.41) is 8.70. The van der Waals surface area contributed by atoms with Crippen molar-refractivity contribution in [2.45, 2.75) is 13.8 Å². The number of esters is 1.